The lowest BCUT2D eigenvalue weighted by Crippen LogP contribution is -2.37. The molecule has 0 saturated heterocycles. The summed E-state index contributed by atoms with van der Waals surface area (Å²) >= 11 is 0. The number of hydrogen-bond donors (Lipinski definition) is 1. The van der Waals surface area contributed by atoms with E-state index in [1.54, 1.807) is 6.92 Å². The molecule has 1 amide bonds. The molecule has 0 heterocycles. The molecule has 2 aromatic carbocycles. The van der Waals surface area contributed by atoms with Crippen LogP contribution in [-0.4, -0.2) is 18.6 Å². The Morgan fingerprint density at radius 3 is 2.52 bits per heavy atom. The second-order valence-electron chi connectivity index (χ2n) is 5.99. The number of ether oxygens (including phenoxy) is 1. The van der Waals surface area contributed by atoms with Gasteiger partial charge in [-0.05, 0) is 62.4 Å². The molecule has 3 heteroatoms. The number of rotatable bonds is 6. The molecule has 0 spiro atoms. The molecule has 0 fully saturated rings. The normalized spacial score (nSPS) is 11.8. The van der Waals surface area contributed by atoms with E-state index < -0.39 is 6.10 Å². The average Bonchev–Trinajstić information content (AvgIpc) is 2.53. The molecule has 0 radical (unpaired) electrons. The van der Waals surface area contributed by atoms with Crippen molar-refractivity contribution < 1.29 is 9.53 Å². The molecule has 0 aromatic heterocycles. The molecule has 0 aliphatic carbocycles. The van der Waals surface area contributed by atoms with Crippen molar-refractivity contribution in [2.75, 3.05) is 6.54 Å². The summed E-state index contributed by atoms with van der Waals surface area (Å²) in [7, 11) is 0. The Balaban J connectivity index is 1.88. The maximum atomic E-state index is 12.2. The van der Waals surface area contributed by atoms with E-state index in [2.05, 4.69) is 30.4 Å². The van der Waals surface area contributed by atoms with Crippen molar-refractivity contribution >= 4 is 5.91 Å². The highest BCUT2D eigenvalue weighted by Gasteiger charge is 2.16. The van der Waals surface area contributed by atoms with Gasteiger partial charge in [-0.3, -0.25) is 4.79 Å². The van der Waals surface area contributed by atoms with Gasteiger partial charge < -0.3 is 10.1 Å². The molecule has 1 N–H and O–H groups in total. The summed E-state index contributed by atoms with van der Waals surface area (Å²) in [6.45, 7) is 8.51. The van der Waals surface area contributed by atoms with Gasteiger partial charge in [0.1, 0.15) is 5.75 Å². The van der Waals surface area contributed by atoms with E-state index >= 15 is 0 Å². The zero-order chi connectivity index (χ0) is 16.8. The van der Waals surface area contributed by atoms with E-state index in [0.29, 0.717) is 6.54 Å². The maximum Gasteiger partial charge on any atom is 0.260 e. The predicted octanol–water partition coefficient (Wildman–Crippen LogP) is 3.74. The first-order chi connectivity index (χ1) is 11.0. The Kier molecular flexibility index (Phi) is 5.80. The molecule has 3 nitrogen and oxygen atoms in total. The van der Waals surface area contributed by atoms with Gasteiger partial charge in [0.15, 0.2) is 6.10 Å². The van der Waals surface area contributed by atoms with Gasteiger partial charge >= 0.3 is 0 Å². The Bertz CT molecular complexity index is 665. The van der Waals surface area contributed by atoms with E-state index in [-0.39, 0.29) is 5.91 Å². The fourth-order valence-corrected chi connectivity index (χ4v) is 2.49. The monoisotopic (exact) mass is 311 g/mol. The summed E-state index contributed by atoms with van der Waals surface area (Å²) in [4.78, 5) is 12.2. The summed E-state index contributed by atoms with van der Waals surface area (Å²) in [5, 5.41) is 2.94. The standard InChI is InChI=1S/C20H25NO2/c1-14-12-15(2)16(3)19(13-14)23-17(4)20(22)21-11-10-18-8-6-5-7-9-18/h5-9,12-13,17H,10-11H2,1-4H3,(H,21,22)/t17-/m0/s1. The molecule has 0 saturated carbocycles. The molecule has 1 atom stereocenters. The third-order valence-electron chi connectivity index (χ3n) is 3.99. The molecular weight excluding hydrogens is 286 g/mol. The third kappa shape index (κ3) is 4.85. The summed E-state index contributed by atoms with van der Waals surface area (Å²) in [5.41, 5.74) is 4.61. The van der Waals surface area contributed by atoms with Crippen LogP contribution in [0.15, 0.2) is 42.5 Å². The van der Waals surface area contributed by atoms with Crippen molar-refractivity contribution in [2.45, 2.75) is 40.2 Å². The van der Waals surface area contributed by atoms with E-state index in [1.165, 1.54) is 11.1 Å². The van der Waals surface area contributed by atoms with Gasteiger partial charge in [-0.15, -0.1) is 0 Å². The fraction of sp³-hybridized carbons (Fsp3) is 0.350. The van der Waals surface area contributed by atoms with Gasteiger partial charge in [-0.25, -0.2) is 0 Å². The van der Waals surface area contributed by atoms with Crippen molar-refractivity contribution in [2.24, 2.45) is 0 Å². The van der Waals surface area contributed by atoms with Crippen molar-refractivity contribution in [1.29, 1.82) is 0 Å². The number of nitrogens with one attached hydrogen (secondary N) is 1. The van der Waals surface area contributed by atoms with Crippen molar-refractivity contribution in [3.05, 3.63) is 64.7 Å². The number of benzene rings is 2. The van der Waals surface area contributed by atoms with Crippen molar-refractivity contribution in [1.82, 2.24) is 5.32 Å². The predicted molar refractivity (Wildman–Crippen MR) is 93.9 cm³/mol. The van der Waals surface area contributed by atoms with E-state index in [1.807, 2.05) is 38.1 Å². The molecular formula is C20H25NO2. The molecule has 0 unspecified atom stereocenters. The number of carbonyl (C=O) groups is 1. The molecule has 2 aromatic rings. The molecule has 0 bridgehead atoms. The molecule has 2 rings (SSSR count). The van der Waals surface area contributed by atoms with Gasteiger partial charge in [-0.1, -0.05) is 36.4 Å². The first-order valence-electron chi connectivity index (χ1n) is 8.03. The van der Waals surface area contributed by atoms with Crippen LogP contribution in [-0.2, 0) is 11.2 Å². The fourth-order valence-electron chi connectivity index (χ4n) is 2.49. The molecule has 23 heavy (non-hydrogen) atoms. The Labute approximate surface area is 138 Å². The summed E-state index contributed by atoms with van der Waals surface area (Å²) in [6, 6.07) is 14.2. The second kappa shape index (κ2) is 7.82. The zero-order valence-corrected chi connectivity index (χ0v) is 14.3. The highest BCUT2D eigenvalue weighted by atomic mass is 16.5. The minimum Gasteiger partial charge on any atom is -0.481 e. The minimum atomic E-state index is -0.509. The van der Waals surface area contributed by atoms with Crippen LogP contribution in [0.3, 0.4) is 0 Å². The van der Waals surface area contributed by atoms with Crippen LogP contribution in [0.4, 0.5) is 0 Å². The van der Waals surface area contributed by atoms with Crippen LogP contribution in [0, 0.1) is 20.8 Å². The first kappa shape index (κ1) is 17.1. The van der Waals surface area contributed by atoms with Gasteiger partial charge in [0.25, 0.3) is 5.91 Å². The van der Waals surface area contributed by atoms with Gasteiger partial charge in [-0.2, -0.15) is 0 Å². The highest BCUT2D eigenvalue weighted by molar-refractivity contribution is 5.80. The number of aryl methyl sites for hydroxylation is 2. The molecule has 122 valence electrons. The largest absolute Gasteiger partial charge is 0.481 e. The van der Waals surface area contributed by atoms with Crippen molar-refractivity contribution in [3.8, 4) is 5.75 Å². The van der Waals surface area contributed by atoms with Crippen LogP contribution < -0.4 is 10.1 Å². The first-order valence-corrected chi connectivity index (χ1v) is 8.03. The highest BCUT2D eigenvalue weighted by Crippen LogP contribution is 2.24. The average molecular weight is 311 g/mol. The number of amides is 1. The summed E-state index contributed by atoms with van der Waals surface area (Å²) in [6.07, 6.45) is 0.313. The summed E-state index contributed by atoms with van der Waals surface area (Å²) in [5.74, 6) is 0.702. The number of hydrogen-bond acceptors (Lipinski definition) is 2. The van der Waals surface area contributed by atoms with Gasteiger partial charge in [0.2, 0.25) is 0 Å². The van der Waals surface area contributed by atoms with Gasteiger partial charge in [0, 0.05) is 6.54 Å². The SMILES string of the molecule is Cc1cc(C)c(C)c(O[C@@H](C)C(=O)NCCc2ccccc2)c1. The lowest BCUT2D eigenvalue weighted by atomic mass is 10.1. The van der Waals surface area contributed by atoms with Crippen LogP contribution in [0.1, 0.15) is 29.2 Å². The zero-order valence-electron chi connectivity index (χ0n) is 14.3. The second-order valence-corrected chi connectivity index (χ2v) is 5.99. The molecule has 0 aliphatic heterocycles. The Morgan fingerprint density at radius 1 is 1.13 bits per heavy atom. The minimum absolute atomic E-state index is 0.0838. The van der Waals surface area contributed by atoms with Crippen LogP contribution in [0.2, 0.25) is 0 Å². The van der Waals surface area contributed by atoms with Gasteiger partial charge in [0.05, 0.1) is 0 Å². The Hall–Kier alpha value is -2.29. The topological polar surface area (TPSA) is 38.3 Å². The lowest BCUT2D eigenvalue weighted by molar-refractivity contribution is -0.127. The van der Waals surface area contributed by atoms with Crippen LogP contribution in [0.25, 0.3) is 0 Å². The third-order valence-corrected chi connectivity index (χ3v) is 3.99. The van der Waals surface area contributed by atoms with Crippen LogP contribution >= 0.6 is 0 Å². The molecule has 0 aliphatic rings. The summed E-state index contributed by atoms with van der Waals surface area (Å²) < 4.78 is 5.86. The van der Waals surface area contributed by atoms with Crippen LogP contribution in [0.5, 0.6) is 5.75 Å². The van der Waals surface area contributed by atoms with E-state index in [0.717, 1.165) is 23.3 Å². The Morgan fingerprint density at radius 2 is 1.83 bits per heavy atom. The quantitative estimate of drug-likeness (QED) is 0.882. The van der Waals surface area contributed by atoms with E-state index in [4.69, 9.17) is 4.74 Å². The number of carbonyl (C=O) groups excluding carboxylic acids is 1. The lowest BCUT2D eigenvalue weighted by Gasteiger charge is -2.18. The smallest absolute Gasteiger partial charge is 0.260 e. The maximum absolute atomic E-state index is 12.2. The van der Waals surface area contributed by atoms with Crippen molar-refractivity contribution in [3.63, 3.8) is 0 Å². The van der Waals surface area contributed by atoms with E-state index in [9.17, 15) is 4.79 Å².